The molecule has 2 aliphatic heterocycles. The highest BCUT2D eigenvalue weighted by molar-refractivity contribution is 5.21. The molecule has 2 heterocycles. The fraction of sp³-hybridized carbons (Fsp3) is 0.900. The Hall–Kier alpha value is -0.580. The van der Waals surface area contributed by atoms with Gasteiger partial charge in [-0.15, -0.1) is 0 Å². The van der Waals surface area contributed by atoms with Gasteiger partial charge in [0.25, 0.3) is 0 Å². The Balaban J connectivity index is 1.78. The standard InChI is InChI=1S/C20H32O4/c1-14-11-15(22)16-17(2,12-21)5-4-6-18(16,3)20(14)8-7-19(24-20)9-10-23-13-19/h9-10,14-16,21-22H,4-8,11-13H2,1-3H3/t14-,15+,16+,17+,18-,19-,20-/m1/s1. The zero-order chi connectivity index (χ0) is 17.2. The van der Waals surface area contributed by atoms with Crippen molar-refractivity contribution < 1.29 is 19.7 Å². The zero-order valence-corrected chi connectivity index (χ0v) is 15.3. The van der Waals surface area contributed by atoms with Gasteiger partial charge in [0.1, 0.15) is 12.2 Å². The average Bonchev–Trinajstić information content (AvgIpc) is 3.15. The van der Waals surface area contributed by atoms with Gasteiger partial charge in [0.05, 0.1) is 18.0 Å². The minimum absolute atomic E-state index is 0.0846. The molecule has 0 bridgehead atoms. The van der Waals surface area contributed by atoms with Gasteiger partial charge in [-0.05, 0) is 49.5 Å². The van der Waals surface area contributed by atoms with Crippen molar-refractivity contribution in [3.63, 3.8) is 0 Å². The Labute approximate surface area is 145 Å². The van der Waals surface area contributed by atoms with Crippen LogP contribution in [-0.2, 0) is 9.47 Å². The van der Waals surface area contributed by atoms with Gasteiger partial charge in [-0.2, -0.15) is 0 Å². The Bertz CT molecular complexity index is 548. The monoisotopic (exact) mass is 336 g/mol. The lowest BCUT2D eigenvalue weighted by atomic mass is 9.43. The predicted octanol–water partition coefficient (Wildman–Crippen LogP) is 3.02. The first-order valence-electron chi connectivity index (χ1n) is 9.59. The number of aliphatic hydroxyl groups is 2. The van der Waals surface area contributed by atoms with E-state index in [1.165, 1.54) is 0 Å². The van der Waals surface area contributed by atoms with E-state index in [1.807, 2.05) is 0 Å². The highest BCUT2D eigenvalue weighted by atomic mass is 16.6. The molecule has 0 aromatic rings. The van der Waals surface area contributed by atoms with Crippen LogP contribution in [0.5, 0.6) is 0 Å². The molecule has 2 saturated carbocycles. The predicted molar refractivity (Wildman–Crippen MR) is 91.3 cm³/mol. The van der Waals surface area contributed by atoms with Crippen LogP contribution in [0.3, 0.4) is 0 Å². The summed E-state index contributed by atoms with van der Waals surface area (Å²) in [6.07, 6.45) is 9.42. The van der Waals surface area contributed by atoms with E-state index in [-0.39, 0.29) is 40.7 Å². The van der Waals surface area contributed by atoms with E-state index in [0.717, 1.165) is 38.5 Å². The molecule has 0 aromatic heterocycles. The summed E-state index contributed by atoms with van der Waals surface area (Å²) >= 11 is 0. The van der Waals surface area contributed by atoms with Gasteiger partial charge in [0.2, 0.25) is 0 Å². The summed E-state index contributed by atoms with van der Waals surface area (Å²) in [6, 6.07) is 0. The van der Waals surface area contributed by atoms with Gasteiger partial charge >= 0.3 is 0 Å². The molecule has 4 aliphatic rings. The van der Waals surface area contributed by atoms with Crippen molar-refractivity contribution in [3.05, 3.63) is 12.3 Å². The molecule has 0 unspecified atom stereocenters. The lowest BCUT2D eigenvalue weighted by molar-refractivity contribution is -0.270. The fourth-order valence-electron chi connectivity index (χ4n) is 6.97. The molecule has 3 fully saturated rings. The first-order chi connectivity index (χ1) is 11.3. The third-order valence-corrected chi connectivity index (χ3v) is 8.09. The molecular weight excluding hydrogens is 304 g/mol. The van der Waals surface area contributed by atoms with E-state index in [9.17, 15) is 10.2 Å². The van der Waals surface area contributed by atoms with Crippen molar-refractivity contribution in [2.24, 2.45) is 22.7 Å². The Kier molecular flexibility index (Phi) is 3.66. The summed E-state index contributed by atoms with van der Waals surface area (Å²) < 4.78 is 12.4. The number of aliphatic hydroxyl groups excluding tert-OH is 2. The molecule has 136 valence electrons. The average molecular weight is 336 g/mol. The van der Waals surface area contributed by atoms with Crippen LogP contribution in [0.15, 0.2) is 12.3 Å². The smallest absolute Gasteiger partial charge is 0.124 e. The molecule has 1 saturated heterocycles. The van der Waals surface area contributed by atoms with Crippen LogP contribution >= 0.6 is 0 Å². The molecule has 4 heteroatoms. The lowest BCUT2D eigenvalue weighted by Gasteiger charge is -2.65. The Morgan fingerprint density at radius 1 is 1.17 bits per heavy atom. The second-order valence-electron chi connectivity index (χ2n) is 9.44. The summed E-state index contributed by atoms with van der Waals surface area (Å²) in [7, 11) is 0. The van der Waals surface area contributed by atoms with E-state index in [4.69, 9.17) is 9.47 Å². The topological polar surface area (TPSA) is 58.9 Å². The van der Waals surface area contributed by atoms with Crippen molar-refractivity contribution in [3.8, 4) is 0 Å². The Morgan fingerprint density at radius 3 is 2.62 bits per heavy atom. The number of ether oxygens (including phenoxy) is 2. The van der Waals surface area contributed by atoms with Gasteiger partial charge in [0, 0.05) is 17.9 Å². The van der Waals surface area contributed by atoms with Gasteiger partial charge in [-0.1, -0.05) is 27.2 Å². The minimum Gasteiger partial charge on any atom is -0.498 e. The molecule has 2 spiro atoms. The quantitative estimate of drug-likeness (QED) is 0.773. The molecule has 4 rings (SSSR count). The molecule has 2 aliphatic carbocycles. The van der Waals surface area contributed by atoms with Crippen LogP contribution < -0.4 is 0 Å². The molecular formula is C20H32O4. The SMILES string of the molecule is C[C@@H]1C[C@H](O)[C@H]2[C@](C)(CO)CCC[C@@]2(C)[C@@]12CC[C@]1(C=COC1)O2. The van der Waals surface area contributed by atoms with E-state index in [1.54, 1.807) is 6.26 Å². The van der Waals surface area contributed by atoms with Crippen LogP contribution in [-0.4, -0.2) is 40.7 Å². The number of fused-ring (bicyclic) bond motifs is 2. The van der Waals surface area contributed by atoms with Crippen molar-refractivity contribution in [2.45, 2.75) is 76.6 Å². The van der Waals surface area contributed by atoms with Gasteiger partial charge in [-0.25, -0.2) is 0 Å². The van der Waals surface area contributed by atoms with E-state index in [2.05, 4.69) is 26.8 Å². The summed E-state index contributed by atoms with van der Waals surface area (Å²) in [5.41, 5.74) is -0.844. The second-order valence-corrected chi connectivity index (χ2v) is 9.44. The number of hydrogen-bond acceptors (Lipinski definition) is 4. The maximum atomic E-state index is 11.0. The van der Waals surface area contributed by atoms with Crippen LogP contribution in [0, 0.1) is 22.7 Å². The first kappa shape index (κ1) is 16.9. The largest absolute Gasteiger partial charge is 0.498 e. The lowest BCUT2D eigenvalue weighted by Crippen LogP contribution is -2.67. The Morgan fingerprint density at radius 2 is 1.96 bits per heavy atom. The maximum Gasteiger partial charge on any atom is 0.124 e. The highest BCUT2D eigenvalue weighted by Crippen LogP contribution is 2.67. The summed E-state index contributed by atoms with van der Waals surface area (Å²) in [4.78, 5) is 0. The van der Waals surface area contributed by atoms with Crippen molar-refractivity contribution >= 4 is 0 Å². The third-order valence-electron chi connectivity index (χ3n) is 8.09. The van der Waals surface area contributed by atoms with E-state index < -0.39 is 0 Å². The number of hydrogen-bond donors (Lipinski definition) is 2. The van der Waals surface area contributed by atoms with Crippen molar-refractivity contribution in [2.75, 3.05) is 13.2 Å². The van der Waals surface area contributed by atoms with Crippen molar-refractivity contribution in [1.29, 1.82) is 0 Å². The maximum absolute atomic E-state index is 11.0. The van der Waals surface area contributed by atoms with E-state index >= 15 is 0 Å². The number of rotatable bonds is 1. The zero-order valence-electron chi connectivity index (χ0n) is 15.3. The van der Waals surface area contributed by atoms with Gasteiger partial charge < -0.3 is 19.7 Å². The van der Waals surface area contributed by atoms with Crippen LogP contribution in [0.4, 0.5) is 0 Å². The normalized spacial score (nSPS) is 56.6. The van der Waals surface area contributed by atoms with Crippen LogP contribution in [0.2, 0.25) is 0 Å². The van der Waals surface area contributed by atoms with Crippen molar-refractivity contribution in [1.82, 2.24) is 0 Å². The molecule has 0 amide bonds. The second kappa shape index (κ2) is 5.21. The highest BCUT2D eigenvalue weighted by Gasteiger charge is 2.69. The first-order valence-corrected chi connectivity index (χ1v) is 9.59. The molecule has 2 N–H and O–H groups in total. The van der Waals surface area contributed by atoms with Crippen LogP contribution in [0.1, 0.15) is 59.3 Å². The summed E-state index contributed by atoms with van der Waals surface area (Å²) in [5, 5.41) is 21.1. The summed E-state index contributed by atoms with van der Waals surface area (Å²) in [6.45, 7) is 7.48. The molecule has 0 aromatic carbocycles. The third kappa shape index (κ3) is 1.96. The fourth-order valence-corrected chi connectivity index (χ4v) is 6.97. The van der Waals surface area contributed by atoms with Crippen LogP contribution in [0.25, 0.3) is 0 Å². The van der Waals surface area contributed by atoms with E-state index in [0.29, 0.717) is 12.5 Å². The summed E-state index contributed by atoms with van der Waals surface area (Å²) in [5.74, 6) is 0.393. The minimum atomic E-state index is -0.358. The molecule has 24 heavy (non-hydrogen) atoms. The molecule has 4 nitrogen and oxygen atoms in total. The molecule has 0 radical (unpaired) electrons. The van der Waals surface area contributed by atoms with Gasteiger partial charge in [0.15, 0.2) is 0 Å². The molecule has 7 atom stereocenters. The van der Waals surface area contributed by atoms with Gasteiger partial charge in [-0.3, -0.25) is 0 Å².